The predicted octanol–water partition coefficient (Wildman–Crippen LogP) is 14.8. The summed E-state index contributed by atoms with van der Waals surface area (Å²) in [6.45, 7) is 0. The Morgan fingerprint density at radius 1 is 0.422 bits per heavy atom. The normalized spacial score (nSPS) is 14.1. The number of benzene rings is 10. The maximum absolute atomic E-state index is 6.91. The molecule has 13 rings (SSSR count). The van der Waals surface area contributed by atoms with Crippen LogP contribution in [0.2, 0.25) is 0 Å². The number of amidine groups is 2. The van der Waals surface area contributed by atoms with E-state index in [-0.39, 0.29) is 0 Å². The second-order valence-electron chi connectivity index (χ2n) is 16.6. The van der Waals surface area contributed by atoms with E-state index in [1.165, 1.54) is 26.9 Å². The molecule has 5 nitrogen and oxygen atoms in total. The molecular weight excluding hydrogens is 781 g/mol. The number of para-hydroxylation sites is 1. The number of nitrogens with zero attached hydrogens (tertiary/aromatic N) is 3. The van der Waals surface area contributed by atoms with Crippen molar-refractivity contribution in [2.24, 2.45) is 9.98 Å². The van der Waals surface area contributed by atoms with E-state index in [1.807, 2.05) is 0 Å². The highest BCUT2D eigenvalue weighted by atomic mass is 16.3. The number of nitrogens with one attached hydrogen (secondary N) is 1. The van der Waals surface area contributed by atoms with E-state index in [4.69, 9.17) is 14.4 Å². The fourth-order valence-electron chi connectivity index (χ4n) is 9.74. The second kappa shape index (κ2) is 14.5. The molecule has 1 aliphatic heterocycles. The van der Waals surface area contributed by atoms with Crippen LogP contribution in [0.1, 0.15) is 22.9 Å². The highest BCUT2D eigenvalue weighted by molar-refractivity contribution is 6.23. The van der Waals surface area contributed by atoms with Crippen molar-refractivity contribution in [2.45, 2.75) is 6.17 Å². The molecule has 300 valence electrons. The Morgan fingerprint density at radius 2 is 1.11 bits per heavy atom. The van der Waals surface area contributed by atoms with Gasteiger partial charge in [-0.3, -0.25) is 0 Å². The molecule has 10 aromatic carbocycles. The van der Waals surface area contributed by atoms with Gasteiger partial charge in [-0.15, -0.1) is 0 Å². The lowest BCUT2D eigenvalue weighted by Gasteiger charge is -2.24. The lowest BCUT2D eigenvalue weighted by Crippen LogP contribution is -2.33. The first-order chi connectivity index (χ1) is 31.7. The van der Waals surface area contributed by atoms with Gasteiger partial charge in [0.15, 0.2) is 5.84 Å². The van der Waals surface area contributed by atoms with Gasteiger partial charge in [0, 0.05) is 44.3 Å². The standard InChI is InChI=1S/C59H38N4O/c1-3-15-37(16-4-1)41-23-13-24-44(31-41)57-60-58(45-30-29-38-17-7-8-20-40(38)32-45)62-59(61-57)47-26-14-28-54-56(47)50-35-48(39-18-5-2-6-19-39)53(36-55(50)64-54)63-51-27-12-11-25-46(51)49-33-42-21-9-10-22-43(42)34-52(49)63/h1-36,57H,(H,60,61,62). The summed E-state index contributed by atoms with van der Waals surface area (Å²) in [5, 5.41) is 12.9. The molecule has 0 bridgehead atoms. The van der Waals surface area contributed by atoms with Crippen LogP contribution < -0.4 is 5.32 Å². The smallest absolute Gasteiger partial charge is 0.160 e. The molecule has 1 aliphatic rings. The molecule has 64 heavy (non-hydrogen) atoms. The van der Waals surface area contributed by atoms with E-state index >= 15 is 0 Å². The minimum atomic E-state index is -0.399. The van der Waals surface area contributed by atoms with Crippen LogP contribution in [-0.2, 0) is 0 Å². The predicted molar refractivity (Wildman–Crippen MR) is 266 cm³/mol. The van der Waals surface area contributed by atoms with E-state index in [1.54, 1.807) is 0 Å². The van der Waals surface area contributed by atoms with Gasteiger partial charge in [-0.1, -0.05) is 170 Å². The summed E-state index contributed by atoms with van der Waals surface area (Å²) in [4.78, 5) is 10.8. The molecule has 0 saturated carbocycles. The summed E-state index contributed by atoms with van der Waals surface area (Å²) < 4.78 is 9.33. The fraction of sp³-hybridized carbons (Fsp3) is 0.0169. The molecule has 12 aromatic rings. The van der Waals surface area contributed by atoms with Crippen LogP contribution in [0.4, 0.5) is 0 Å². The van der Waals surface area contributed by atoms with Crippen molar-refractivity contribution in [3.05, 3.63) is 235 Å². The summed E-state index contributed by atoms with van der Waals surface area (Å²) in [6.07, 6.45) is -0.399. The van der Waals surface area contributed by atoms with E-state index < -0.39 is 6.17 Å². The molecule has 1 atom stereocenters. The molecule has 1 N–H and O–H groups in total. The van der Waals surface area contributed by atoms with Crippen molar-refractivity contribution in [1.29, 1.82) is 0 Å². The number of hydrogen-bond donors (Lipinski definition) is 1. The Hall–Kier alpha value is -8.54. The third-order valence-corrected chi connectivity index (χ3v) is 12.8. The van der Waals surface area contributed by atoms with Crippen LogP contribution in [0, 0.1) is 0 Å². The van der Waals surface area contributed by atoms with E-state index in [0.29, 0.717) is 5.84 Å². The summed E-state index contributed by atoms with van der Waals surface area (Å²) >= 11 is 0. The van der Waals surface area contributed by atoms with Gasteiger partial charge in [0.1, 0.15) is 23.2 Å². The second-order valence-corrected chi connectivity index (χ2v) is 16.6. The maximum Gasteiger partial charge on any atom is 0.160 e. The zero-order valence-corrected chi connectivity index (χ0v) is 34.6. The van der Waals surface area contributed by atoms with E-state index in [2.05, 4.69) is 228 Å². The van der Waals surface area contributed by atoms with Crippen LogP contribution >= 0.6 is 0 Å². The van der Waals surface area contributed by atoms with Gasteiger partial charge in [-0.05, 0) is 86.3 Å². The molecule has 1 unspecified atom stereocenters. The quantitative estimate of drug-likeness (QED) is 0.182. The lowest BCUT2D eigenvalue weighted by molar-refractivity contribution is 0.668. The first kappa shape index (κ1) is 36.1. The van der Waals surface area contributed by atoms with Crippen LogP contribution in [0.15, 0.2) is 233 Å². The first-order valence-corrected chi connectivity index (χ1v) is 21.8. The fourth-order valence-corrected chi connectivity index (χ4v) is 9.74. The highest BCUT2D eigenvalue weighted by Gasteiger charge is 2.26. The van der Waals surface area contributed by atoms with Crippen molar-refractivity contribution in [1.82, 2.24) is 9.88 Å². The summed E-state index contributed by atoms with van der Waals surface area (Å²) in [7, 11) is 0. The molecule has 0 aliphatic carbocycles. The molecule has 3 heterocycles. The number of furan rings is 1. The summed E-state index contributed by atoms with van der Waals surface area (Å²) in [6, 6.07) is 77.6. The number of fused-ring (bicyclic) bond motifs is 8. The van der Waals surface area contributed by atoms with Crippen molar-refractivity contribution >= 4 is 77.0 Å². The van der Waals surface area contributed by atoms with Crippen LogP contribution in [0.5, 0.6) is 0 Å². The molecule has 5 heteroatoms. The van der Waals surface area contributed by atoms with Crippen molar-refractivity contribution < 1.29 is 4.42 Å². The topological polar surface area (TPSA) is 54.8 Å². The monoisotopic (exact) mass is 818 g/mol. The average Bonchev–Trinajstić information content (AvgIpc) is 3.90. The zero-order valence-electron chi connectivity index (χ0n) is 34.6. The van der Waals surface area contributed by atoms with Crippen molar-refractivity contribution in [2.75, 3.05) is 0 Å². The Kier molecular flexibility index (Phi) is 8.21. The Labute approximate surface area is 368 Å². The Morgan fingerprint density at radius 3 is 1.94 bits per heavy atom. The highest BCUT2D eigenvalue weighted by Crippen LogP contribution is 2.43. The van der Waals surface area contributed by atoms with E-state index in [9.17, 15) is 0 Å². The molecule has 0 spiro atoms. The van der Waals surface area contributed by atoms with Crippen molar-refractivity contribution in [3.8, 4) is 27.9 Å². The Balaban J connectivity index is 1.04. The van der Waals surface area contributed by atoms with Crippen LogP contribution in [0.3, 0.4) is 0 Å². The largest absolute Gasteiger partial charge is 0.456 e. The molecule has 0 fully saturated rings. The third-order valence-electron chi connectivity index (χ3n) is 12.8. The summed E-state index contributed by atoms with van der Waals surface area (Å²) in [5.41, 5.74) is 12.4. The Bertz CT molecular complexity index is 3880. The van der Waals surface area contributed by atoms with Gasteiger partial charge in [-0.25, -0.2) is 9.98 Å². The third kappa shape index (κ3) is 5.93. The van der Waals surface area contributed by atoms with E-state index in [0.717, 1.165) is 88.8 Å². The van der Waals surface area contributed by atoms with Gasteiger partial charge in [0.25, 0.3) is 0 Å². The molecule has 0 amide bonds. The maximum atomic E-state index is 6.91. The molecule has 2 aromatic heterocycles. The number of hydrogen-bond acceptors (Lipinski definition) is 4. The molecule has 0 radical (unpaired) electrons. The van der Waals surface area contributed by atoms with Gasteiger partial charge >= 0.3 is 0 Å². The lowest BCUT2D eigenvalue weighted by atomic mass is 9.98. The molecule has 0 saturated heterocycles. The van der Waals surface area contributed by atoms with Crippen LogP contribution in [-0.4, -0.2) is 16.2 Å². The van der Waals surface area contributed by atoms with Crippen LogP contribution in [0.25, 0.3) is 93.2 Å². The van der Waals surface area contributed by atoms with Gasteiger partial charge in [0.2, 0.25) is 0 Å². The summed E-state index contributed by atoms with van der Waals surface area (Å²) in [5.74, 6) is 1.41. The SMILES string of the molecule is c1ccc(-c2cccc(C3N=C(c4cccc5oc6cc(-n7c8ccccc8c8cc9ccccc9cc87)c(-c7ccccc7)cc6c45)N=C(c4ccc5ccccc5c4)N3)c2)cc1. The minimum absolute atomic E-state index is 0.399. The van der Waals surface area contributed by atoms with Gasteiger partial charge in [0.05, 0.1) is 16.7 Å². The number of aromatic nitrogens is 1. The first-order valence-electron chi connectivity index (χ1n) is 21.8. The average molecular weight is 819 g/mol. The van der Waals surface area contributed by atoms with Crippen molar-refractivity contribution in [3.63, 3.8) is 0 Å². The minimum Gasteiger partial charge on any atom is -0.456 e. The number of aliphatic imine (C=N–C) groups is 2. The zero-order chi connectivity index (χ0) is 42.1. The van der Waals surface area contributed by atoms with Gasteiger partial charge < -0.3 is 14.3 Å². The van der Waals surface area contributed by atoms with Gasteiger partial charge in [-0.2, -0.15) is 0 Å². The molecular formula is C59H38N4O. The number of rotatable bonds is 6.